The van der Waals surface area contributed by atoms with Crippen LogP contribution in [0.5, 0.6) is 0 Å². The van der Waals surface area contributed by atoms with Crippen LogP contribution < -0.4 is 5.32 Å². The summed E-state index contributed by atoms with van der Waals surface area (Å²) in [6.45, 7) is 0.659. The van der Waals surface area contributed by atoms with E-state index in [1.165, 1.54) is 35.6 Å². The number of carbonyl (C=O) groups is 1. The van der Waals surface area contributed by atoms with Gasteiger partial charge in [0, 0.05) is 17.1 Å². The van der Waals surface area contributed by atoms with E-state index < -0.39 is 0 Å². The van der Waals surface area contributed by atoms with Crippen molar-refractivity contribution in [3.63, 3.8) is 0 Å². The predicted molar refractivity (Wildman–Crippen MR) is 115 cm³/mol. The summed E-state index contributed by atoms with van der Waals surface area (Å²) in [5.74, 6) is -0.877. The van der Waals surface area contributed by atoms with Crippen molar-refractivity contribution < 1.29 is 13.6 Å². The van der Waals surface area contributed by atoms with Gasteiger partial charge in [-0.1, -0.05) is 17.3 Å². The summed E-state index contributed by atoms with van der Waals surface area (Å²) in [4.78, 5) is 17.9. The highest BCUT2D eigenvalue weighted by Gasteiger charge is 2.16. The van der Waals surface area contributed by atoms with Crippen LogP contribution in [0.1, 0.15) is 21.7 Å². The van der Waals surface area contributed by atoms with Gasteiger partial charge in [-0.25, -0.2) is 18.4 Å². The molecular weight excluding hydrogens is 434 g/mol. The average Bonchev–Trinajstić information content (AvgIpc) is 3.50. The number of carbonyl (C=O) groups excluding carboxylic acids is 1. The van der Waals surface area contributed by atoms with Gasteiger partial charge in [-0.15, -0.1) is 16.4 Å². The minimum atomic E-state index is -0.315. The van der Waals surface area contributed by atoms with E-state index in [9.17, 15) is 13.6 Å². The molecule has 2 aromatic carbocycles. The molecule has 0 aliphatic heterocycles. The van der Waals surface area contributed by atoms with Crippen molar-refractivity contribution in [1.82, 2.24) is 29.7 Å². The largest absolute Gasteiger partial charge is 0.345 e. The molecule has 0 saturated heterocycles. The molecule has 10 heteroatoms. The maximum atomic E-state index is 13.2. The van der Waals surface area contributed by atoms with E-state index in [2.05, 4.69) is 20.6 Å². The number of imidazole rings is 1. The second-order valence-corrected chi connectivity index (χ2v) is 7.96. The first kappa shape index (κ1) is 20.0. The fourth-order valence-corrected chi connectivity index (χ4v) is 4.10. The fourth-order valence-electron chi connectivity index (χ4n) is 3.24. The Bertz CT molecular complexity index is 1390. The predicted octanol–water partition coefficient (Wildman–Crippen LogP) is 3.91. The van der Waals surface area contributed by atoms with Crippen molar-refractivity contribution in [1.29, 1.82) is 0 Å². The van der Waals surface area contributed by atoms with Crippen LogP contribution in [0.2, 0.25) is 0 Å². The van der Waals surface area contributed by atoms with E-state index in [0.717, 1.165) is 11.1 Å². The number of nitrogens with zero attached hydrogens (tertiary/aromatic N) is 5. The summed E-state index contributed by atoms with van der Waals surface area (Å²) in [5, 5.41) is 12.7. The van der Waals surface area contributed by atoms with Gasteiger partial charge < -0.3 is 5.32 Å². The van der Waals surface area contributed by atoms with Crippen molar-refractivity contribution in [3.8, 4) is 11.3 Å². The zero-order chi connectivity index (χ0) is 22.1. The third-order valence-electron chi connectivity index (χ3n) is 4.86. The molecule has 0 spiro atoms. The van der Waals surface area contributed by atoms with Crippen molar-refractivity contribution >= 4 is 22.2 Å². The van der Waals surface area contributed by atoms with Crippen LogP contribution in [0.15, 0.2) is 66.3 Å². The average molecular weight is 450 g/mol. The normalized spacial score (nSPS) is 11.2. The van der Waals surface area contributed by atoms with E-state index in [1.807, 2.05) is 0 Å². The second-order valence-electron chi connectivity index (χ2n) is 7.12. The van der Waals surface area contributed by atoms with Crippen LogP contribution >= 0.6 is 11.3 Å². The van der Waals surface area contributed by atoms with Gasteiger partial charge in [-0.2, -0.15) is 0 Å². The van der Waals surface area contributed by atoms with E-state index in [4.69, 9.17) is 0 Å². The van der Waals surface area contributed by atoms with E-state index >= 15 is 0 Å². The van der Waals surface area contributed by atoms with Crippen LogP contribution in [0.3, 0.4) is 0 Å². The Morgan fingerprint density at radius 1 is 1.00 bits per heavy atom. The number of halogens is 2. The fraction of sp³-hybridized carbons (Fsp3) is 0.0909. The summed E-state index contributed by atoms with van der Waals surface area (Å²) in [6.07, 6.45) is 3.49. The first-order chi connectivity index (χ1) is 15.5. The van der Waals surface area contributed by atoms with Gasteiger partial charge in [0.2, 0.25) is 0 Å². The van der Waals surface area contributed by atoms with Gasteiger partial charge >= 0.3 is 0 Å². The number of amides is 1. The highest BCUT2D eigenvalue weighted by Crippen LogP contribution is 2.24. The van der Waals surface area contributed by atoms with Crippen LogP contribution in [0.25, 0.3) is 16.2 Å². The minimum absolute atomic E-state index is 0.207. The Labute approximate surface area is 185 Å². The molecule has 160 valence electrons. The Morgan fingerprint density at radius 3 is 2.47 bits per heavy atom. The first-order valence-corrected chi connectivity index (χ1v) is 10.6. The Morgan fingerprint density at radius 2 is 1.72 bits per heavy atom. The third kappa shape index (κ3) is 4.12. The summed E-state index contributed by atoms with van der Waals surface area (Å²) in [5.41, 5.74) is 3.37. The Hall–Kier alpha value is -3.92. The summed E-state index contributed by atoms with van der Waals surface area (Å²) < 4.78 is 29.5. The monoisotopic (exact) mass is 450 g/mol. The highest BCUT2D eigenvalue weighted by molar-refractivity contribution is 7.15. The van der Waals surface area contributed by atoms with E-state index in [0.29, 0.717) is 28.6 Å². The Balaban J connectivity index is 1.26. The van der Waals surface area contributed by atoms with Crippen molar-refractivity contribution in [3.05, 3.63) is 94.9 Å². The number of rotatable bonds is 6. The standard InChI is InChI=1S/C22H16F2N6OS/c23-16-5-1-14(2-6-16)10-29-11-18(27-28-29)9-25-21(31)20-13-32-22-26-19(12-30(20)22)15-3-7-17(24)8-4-15/h1-8,11-13H,9-10H2,(H,25,31). The van der Waals surface area contributed by atoms with Crippen molar-refractivity contribution in [2.75, 3.05) is 0 Å². The molecule has 1 N–H and O–H groups in total. The lowest BCUT2D eigenvalue weighted by molar-refractivity contribution is 0.0945. The number of thiazole rings is 1. The van der Waals surface area contributed by atoms with Crippen LogP contribution in [-0.2, 0) is 13.1 Å². The third-order valence-corrected chi connectivity index (χ3v) is 5.70. The second kappa shape index (κ2) is 8.31. The molecule has 5 rings (SSSR count). The molecule has 1 amide bonds. The summed E-state index contributed by atoms with van der Waals surface area (Å²) in [6, 6.07) is 12.2. The number of hydrogen-bond acceptors (Lipinski definition) is 5. The lowest BCUT2D eigenvalue weighted by atomic mass is 10.2. The molecule has 0 aliphatic carbocycles. The van der Waals surface area contributed by atoms with Gasteiger partial charge in [0.25, 0.3) is 5.91 Å². The maximum absolute atomic E-state index is 13.2. The summed E-state index contributed by atoms with van der Waals surface area (Å²) >= 11 is 1.35. The lowest BCUT2D eigenvalue weighted by Gasteiger charge is -2.02. The van der Waals surface area contributed by atoms with Crippen LogP contribution in [0, 0.1) is 11.6 Å². The van der Waals surface area contributed by atoms with E-state index in [-0.39, 0.29) is 24.1 Å². The number of aromatic nitrogens is 5. The van der Waals surface area contributed by atoms with Gasteiger partial charge in [0.05, 0.1) is 25.0 Å². The smallest absolute Gasteiger partial charge is 0.269 e. The number of hydrogen-bond donors (Lipinski definition) is 1. The molecule has 5 aromatic rings. The number of fused-ring (bicyclic) bond motifs is 1. The highest BCUT2D eigenvalue weighted by atomic mass is 32.1. The molecule has 0 unspecified atom stereocenters. The van der Waals surface area contributed by atoms with Crippen molar-refractivity contribution in [2.45, 2.75) is 13.1 Å². The molecule has 3 aromatic heterocycles. The SMILES string of the molecule is O=C(NCc1cn(Cc2ccc(F)cc2)nn1)c1csc2nc(-c3ccc(F)cc3)cn12. The first-order valence-electron chi connectivity index (χ1n) is 9.69. The van der Waals surface area contributed by atoms with Gasteiger partial charge in [-0.3, -0.25) is 9.20 Å². The molecule has 0 saturated carbocycles. The quantitative estimate of drug-likeness (QED) is 0.426. The van der Waals surface area contributed by atoms with Crippen molar-refractivity contribution in [2.24, 2.45) is 0 Å². The molecule has 7 nitrogen and oxygen atoms in total. The molecular formula is C22H16F2N6OS. The molecule has 3 heterocycles. The van der Waals surface area contributed by atoms with Gasteiger partial charge in [-0.05, 0) is 42.0 Å². The van der Waals surface area contributed by atoms with Gasteiger partial charge in [0.1, 0.15) is 23.0 Å². The number of benzene rings is 2. The molecule has 0 radical (unpaired) electrons. The number of nitrogens with one attached hydrogen (secondary N) is 1. The molecule has 0 atom stereocenters. The molecule has 0 aliphatic rings. The van der Waals surface area contributed by atoms with Crippen LogP contribution in [-0.4, -0.2) is 30.3 Å². The zero-order valence-electron chi connectivity index (χ0n) is 16.6. The van der Waals surface area contributed by atoms with Gasteiger partial charge in [0.15, 0.2) is 4.96 Å². The molecule has 0 bridgehead atoms. The lowest BCUT2D eigenvalue weighted by Crippen LogP contribution is -2.24. The Kier molecular flexibility index (Phi) is 5.20. The topological polar surface area (TPSA) is 77.1 Å². The molecule has 0 fully saturated rings. The van der Waals surface area contributed by atoms with E-state index in [1.54, 1.807) is 51.1 Å². The minimum Gasteiger partial charge on any atom is -0.345 e. The maximum Gasteiger partial charge on any atom is 0.269 e. The molecule has 32 heavy (non-hydrogen) atoms. The zero-order valence-corrected chi connectivity index (χ0v) is 17.4. The van der Waals surface area contributed by atoms with Crippen LogP contribution in [0.4, 0.5) is 8.78 Å². The summed E-state index contributed by atoms with van der Waals surface area (Å²) in [7, 11) is 0.